The van der Waals surface area contributed by atoms with E-state index in [9.17, 15) is 13.8 Å². The highest BCUT2D eigenvalue weighted by Gasteiger charge is 2.13. The van der Waals surface area contributed by atoms with Gasteiger partial charge in [-0.05, 0) is 11.4 Å². The molecule has 0 fully saturated rings. The van der Waals surface area contributed by atoms with Crippen molar-refractivity contribution in [2.24, 2.45) is 0 Å². The Bertz CT molecular complexity index is 458. The summed E-state index contributed by atoms with van der Waals surface area (Å²) in [7, 11) is -0.928. The maximum absolute atomic E-state index is 11.4. The summed E-state index contributed by atoms with van der Waals surface area (Å²) in [5.41, 5.74) is 0.0623. The van der Waals surface area contributed by atoms with E-state index >= 15 is 0 Å². The van der Waals surface area contributed by atoms with Crippen LogP contribution in [0.3, 0.4) is 0 Å². The number of nitrogens with one attached hydrogen (secondary N) is 2. The van der Waals surface area contributed by atoms with Gasteiger partial charge in [0.15, 0.2) is 0 Å². The number of thiophene rings is 1. The highest BCUT2D eigenvalue weighted by Crippen LogP contribution is 2.22. The van der Waals surface area contributed by atoms with Crippen LogP contribution in [0, 0.1) is 0 Å². The molecule has 3 N–H and O–H groups in total. The Morgan fingerprint density at radius 1 is 1.50 bits per heavy atom. The molecule has 0 aromatic carbocycles. The lowest BCUT2D eigenvalue weighted by Gasteiger charge is -2.06. The van der Waals surface area contributed by atoms with Crippen LogP contribution in [0.2, 0.25) is 0 Å². The first-order chi connectivity index (χ1) is 8.54. The van der Waals surface area contributed by atoms with Gasteiger partial charge in [0.05, 0.1) is 5.56 Å². The monoisotopic (exact) mass is 290 g/mol. The third kappa shape index (κ3) is 4.46. The fourth-order valence-electron chi connectivity index (χ4n) is 1.14. The molecule has 100 valence electrons. The first-order valence-electron chi connectivity index (χ1n) is 5.25. The molecule has 1 unspecified atom stereocenters. The average molecular weight is 290 g/mol. The van der Waals surface area contributed by atoms with E-state index in [0.717, 1.165) is 11.3 Å². The Balaban J connectivity index is 2.42. The summed E-state index contributed by atoms with van der Waals surface area (Å²) < 4.78 is 11.1. The molecule has 0 saturated carbocycles. The van der Waals surface area contributed by atoms with Gasteiger partial charge in [0, 0.05) is 28.9 Å². The molecular weight excluding hydrogens is 276 g/mol. The predicted molar refractivity (Wildman–Crippen MR) is 71.9 cm³/mol. The molecule has 0 aliphatic heterocycles. The number of amides is 2. The van der Waals surface area contributed by atoms with Crippen LogP contribution in [0.4, 0.5) is 9.80 Å². The van der Waals surface area contributed by atoms with E-state index in [0.29, 0.717) is 18.1 Å². The number of carbonyl (C=O) groups is 2. The van der Waals surface area contributed by atoms with Gasteiger partial charge in [-0.1, -0.05) is 6.92 Å². The van der Waals surface area contributed by atoms with Gasteiger partial charge < -0.3 is 10.4 Å². The zero-order valence-corrected chi connectivity index (χ0v) is 11.4. The van der Waals surface area contributed by atoms with Crippen molar-refractivity contribution < 1.29 is 18.9 Å². The van der Waals surface area contributed by atoms with Crippen LogP contribution < -0.4 is 10.6 Å². The van der Waals surface area contributed by atoms with Crippen molar-refractivity contribution >= 4 is 39.1 Å². The molecule has 1 rings (SSSR count). The number of hydrogen-bond acceptors (Lipinski definition) is 4. The molecule has 1 heterocycles. The van der Waals surface area contributed by atoms with Crippen LogP contribution in [-0.2, 0) is 10.8 Å². The molecule has 0 spiro atoms. The van der Waals surface area contributed by atoms with Gasteiger partial charge in [-0.2, -0.15) is 0 Å². The summed E-state index contributed by atoms with van der Waals surface area (Å²) >= 11 is 1.14. The van der Waals surface area contributed by atoms with Crippen molar-refractivity contribution in [2.45, 2.75) is 6.92 Å². The molecule has 0 aliphatic carbocycles. The van der Waals surface area contributed by atoms with Crippen molar-refractivity contribution in [3.8, 4) is 0 Å². The summed E-state index contributed by atoms with van der Waals surface area (Å²) in [5, 5.41) is 15.7. The molecule has 1 aromatic rings. The minimum Gasteiger partial charge on any atom is -0.478 e. The first kappa shape index (κ1) is 14.7. The predicted octanol–water partition coefficient (Wildman–Crippen LogP) is 1.34. The van der Waals surface area contributed by atoms with Crippen molar-refractivity contribution in [3.05, 3.63) is 17.0 Å². The number of carbonyl (C=O) groups excluding carboxylic acids is 1. The smallest absolute Gasteiger partial charge is 0.338 e. The third-order valence-corrected chi connectivity index (χ3v) is 4.19. The Morgan fingerprint density at radius 3 is 2.83 bits per heavy atom. The SMILES string of the molecule is CCS(=O)CCNC(=O)Nc1sccc1C(=O)O. The summed E-state index contributed by atoms with van der Waals surface area (Å²) in [5.74, 6) is -0.143. The maximum atomic E-state index is 11.4. The molecule has 8 heteroatoms. The third-order valence-electron chi connectivity index (χ3n) is 2.06. The number of anilines is 1. The normalized spacial score (nSPS) is 11.8. The van der Waals surface area contributed by atoms with Gasteiger partial charge in [-0.15, -0.1) is 11.3 Å². The van der Waals surface area contributed by atoms with Crippen LogP contribution in [0.5, 0.6) is 0 Å². The second kappa shape index (κ2) is 7.12. The number of urea groups is 1. The number of carboxylic acids is 1. The minimum absolute atomic E-state index is 0.0623. The van der Waals surface area contributed by atoms with Crippen LogP contribution in [0.15, 0.2) is 11.4 Å². The molecule has 0 bridgehead atoms. The highest BCUT2D eigenvalue weighted by atomic mass is 32.2. The standard InChI is InChI=1S/C10H14N2O4S2/c1-2-18(16)6-4-11-10(15)12-8-7(9(13)14)3-5-17-8/h3,5H,2,4,6H2,1H3,(H,13,14)(H2,11,12,15). The van der Waals surface area contributed by atoms with E-state index < -0.39 is 22.8 Å². The van der Waals surface area contributed by atoms with Crippen molar-refractivity contribution in [1.29, 1.82) is 0 Å². The van der Waals surface area contributed by atoms with Crippen LogP contribution in [0.1, 0.15) is 17.3 Å². The summed E-state index contributed by atoms with van der Waals surface area (Å²) in [6, 6.07) is 0.933. The number of hydrogen-bond donors (Lipinski definition) is 3. The molecule has 2 amide bonds. The number of aromatic carboxylic acids is 1. The van der Waals surface area contributed by atoms with E-state index in [4.69, 9.17) is 5.11 Å². The number of carboxylic acid groups (broad SMARTS) is 1. The summed E-state index contributed by atoms with van der Waals surface area (Å²) in [6.45, 7) is 2.10. The molecule has 0 radical (unpaired) electrons. The molecule has 0 aliphatic rings. The lowest BCUT2D eigenvalue weighted by molar-refractivity contribution is 0.0698. The molecule has 1 aromatic heterocycles. The van der Waals surface area contributed by atoms with Gasteiger partial charge in [-0.25, -0.2) is 9.59 Å². The van der Waals surface area contributed by atoms with E-state index in [1.165, 1.54) is 6.07 Å². The fraction of sp³-hybridized carbons (Fsp3) is 0.400. The number of rotatable bonds is 6. The Kier molecular flexibility index (Phi) is 5.79. The summed E-state index contributed by atoms with van der Waals surface area (Å²) in [4.78, 5) is 22.2. The molecule has 18 heavy (non-hydrogen) atoms. The minimum atomic E-state index is -1.08. The molecular formula is C10H14N2O4S2. The lowest BCUT2D eigenvalue weighted by atomic mass is 10.3. The Morgan fingerprint density at radius 2 is 2.22 bits per heavy atom. The van der Waals surface area contributed by atoms with Gasteiger partial charge >= 0.3 is 12.0 Å². The Labute approximate surface area is 111 Å². The maximum Gasteiger partial charge on any atom is 0.338 e. The Hall–Kier alpha value is -1.41. The van der Waals surface area contributed by atoms with Gasteiger partial charge in [0.1, 0.15) is 5.00 Å². The van der Waals surface area contributed by atoms with Crippen molar-refractivity contribution in [2.75, 3.05) is 23.4 Å². The van der Waals surface area contributed by atoms with Gasteiger partial charge in [0.2, 0.25) is 0 Å². The van der Waals surface area contributed by atoms with Crippen LogP contribution >= 0.6 is 11.3 Å². The topological polar surface area (TPSA) is 95.5 Å². The van der Waals surface area contributed by atoms with Crippen molar-refractivity contribution in [3.63, 3.8) is 0 Å². The largest absolute Gasteiger partial charge is 0.478 e. The van der Waals surface area contributed by atoms with E-state index in [1.807, 2.05) is 0 Å². The van der Waals surface area contributed by atoms with E-state index in [-0.39, 0.29) is 10.6 Å². The van der Waals surface area contributed by atoms with E-state index in [1.54, 1.807) is 12.3 Å². The zero-order chi connectivity index (χ0) is 13.5. The van der Waals surface area contributed by atoms with Gasteiger partial charge in [0.25, 0.3) is 0 Å². The summed E-state index contributed by atoms with van der Waals surface area (Å²) in [6.07, 6.45) is 0. The first-order valence-corrected chi connectivity index (χ1v) is 7.62. The molecule has 1 atom stereocenters. The van der Waals surface area contributed by atoms with Gasteiger partial charge in [-0.3, -0.25) is 9.53 Å². The van der Waals surface area contributed by atoms with Crippen LogP contribution in [0.25, 0.3) is 0 Å². The zero-order valence-electron chi connectivity index (χ0n) is 9.76. The highest BCUT2D eigenvalue weighted by molar-refractivity contribution is 7.84. The average Bonchev–Trinajstić information content (AvgIpc) is 2.76. The van der Waals surface area contributed by atoms with Crippen LogP contribution in [-0.4, -0.2) is 39.4 Å². The second-order valence-corrected chi connectivity index (χ2v) is 6.06. The molecule has 0 saturated heterocycles. The second-order valence-electron chi connectivity index (χ2n) is 3.28. The quantitative estimate of drug-likeness (QED) is 0.736. The van der Waals surface area contributed by atoms with Crippen molar-refractivity contribution in [1.82, 2.24) is 5.32 Å². The van der Waals surface area contributed by atoms with E-state index in [2.05, 4.69) is 10.6 Å². The lowest BCUT2D eigenvalue weighted by Crippen LogP contribution is -2.32. The fourth-order valence-corrected chi connectivity index (χ4v) is 2.54. The molecule has 6 nitrogen and oxygen atoms in total.